The molecule has 0 bridgehead atoms. The molecule has 0 saturated heterocycles. The Morgan fingerprint density at radius 3 is 2.60 bits per heavy atom. The highest BCUT2D eigenvalue weighted by molar-refractivity contribution is 5.27. The van der Waals surface area contributed by atoms with Gasteiger partial charge in [0.25, 0.3) is 0 Å². The molecule has 4 heteroatoms. The van der Waals surface area contributed by atoms with Crippen LogP contribution in [0.2, 0.25) is 0 Å². The van der Waals surface area contributed by atoms with Crippen molar-refractivity contribution in [2.45, 2.75) is 40.7 Å². The predicted octanol–water partition coefficient (Wildman–Crippen LogP) is 3.02. The van der Waals surface area contributed by atoms with Crippen LogP contribution >= 0.6 is 0 Å². The van der Waals surface area contributed by atoms with Crippen molar-refractivity contribution in [2.24, 2.45) is 5.92 Å². The molecule has 108 valence electrons. The van der Waals surface area contributed by atoms with Gasteiger partial charge in [0.05, 0.1) is 5.69 Å². The number of pyridine rings is 1. The Morgan fingerprint density at radius 2 is 2.05 bits per heavy atom. The standard InChI is InChI=1S/C16H24N4/c1-12(2)7-8-17-10-15-5-6-16(18-11-15)20-14(4)9-13(3)19-20/h5-6,9,11-12,17H,7-8,10H2,1-4H3. The summed E-state index contributed by atoms with van der Waals surface area (Å²) in [5.74, 6) is 1.62. The zero-order valence-electron chi connectivity index (χ0n) is 12.8. The van der Waals surface area contributed by atoms with E-state index in [1.807, 2.05) is 30.8 Å². The molecule has 0 fully saturated rings. The van der Waals surface area contributed by atoms with Crippen LogP contribution in [0, 0.1) is 19.8 Å². The van der Waals surface area contributed by atoms with Gasteiger partial charge in [-0.3, -0.25) is 0 Å². The highest BCUT2D eigenvalue weighted by atomic mass is 15.3. The summed E-state index contributed by atoms with van der Waals surface area (Å²) in [5.41, 5.74) is 3.33. The van der Waals surface area contributed by atoms with Crippen molar-refractivity contribution < 1.29 is 0 Å². The number of hydrogen-bond acceptors (Lipinski definition) is 3. The van der Waals surface area contributed by atoms with E-state index in [1.165, 1.54) is 12.0 Å². The topological polar surface area (TPSA) is 42.7 Å². The van der Waals surface area contributed by atoms with Crippen LogP contribution in [0.5, 0.6) is 0 Å². The van der Waals surface area contributed by atoms with E-state index in [1.54, 1.807) is 0 Å². The van der Waals surface area contributed by atoms with Crippen molar-refractivity contribution in [3.05, 3.63) is 41.3 Å². The molecular weight excluding hydrogens is 248 g/mol. The van der Waals surface area contributed by atoms with E-state index in [0.717, 1.165) is 36.2 Å². The van der Waals surface area contributed by atoms with Gasteiger partial charge in [-0.2, -0.15) is 5.10 Å². The highest BCUT2D eigenvalue weighted by Crippen LogP contribution is 2.10. The second-order valence-electron chi connectivity index (χ2n) is 5.72. The summed E-state index contributed by atoms with van der Waals surface area (Å²) in [4.78, 5) is 4.50. The van der Waals surface area contributed by atoms with Crippen LogP contribution in [0.1, 0.15) is 37.2 Å². The zero-order valence-corrected chi connectivity index (χ0v) is 12.8. The van der Waals surface area contributed by atoms with Crippen molar-refractivity contribution >= 4 is 0 Å². The molecule has 0 amide bonds. The summed E-state index contributed by atoms with van der Waals surface area (Å²) >= 11 is 0. The molecule has 0 aliphatic rings. The normalized spacial score (nSPS) is 11.2. The lowest BCUT2D eigenvalue weighted by Gasteiger charge is -2.08. The summed E-state index contributed by atoms with van der Waals surface area (Å²) < 4.78 is 1.88. The first-order valence-corrected chi connectivity index (χ1v) is 7.25. The Hall–Kier alpha value is -1.68. The number of nitrogens with one attached hydrogen (secondary N) is 1. The summed E-state index contributed by atoms with van der Waals surface area (Å²) in [6, 6.07) is 6.20. The molecule has 0 aliphatic heterocycles. The van der Waals surface area contributed by atoms with E-state index in [9.17, 15) is 0 Å². The van der Waals surface area contributed by atoms with Crippen LogP contribution in [0.15, 0.2) is 24.4 Å². The van der Waals surface area contributed by atoms with Crippen LogP contribution in [-0.2, 0) is 6.54 Å². The lowest BCUT2D eigenvalue weighted by atomic mass is 10.1. The Balaban J connectivity index is 1.95. The number of aromatic nitrogens is 3. The van der Waals surface area contributed by atoms with Gasteiger partial charge in [-0.25, -0.2) is 9.67 Å². The molecule has 0 aromatic carbocycles. The summed E-state index contributed by atoms with van der Waals surface area (Å²) in [7, 11) is 0. The average Bonchev–Trinajstić information content (AvgIpc) is 2.74. The average molecular weight is 272 g/mol. The molecule has 2 heterocycles. The van der Waals surface area contributed by atoms with E-state index in [4.69, 9.17) is 0 Å². The largest absolute Gasteiger partial charge is 0.313 e. The van der Waals surface area contributed by atoms with Gasteiger partial charge in [0, 0.05) is 18.4 Å². The Kier molecular flexibility index (Phi) is 4.90. The maximum absolute atomic E-state index is 4.50. The smallest absolute Gasteiger partial charge is 0.153 e. The summed E-state index contributed by atoms with van der Waals surface area (Å²) in [6.07, 6.45) is 3.13. The minimum absolute atomic E-state index is 0.744. The maximum Gasteiger partial charge on any atom is 0.153 e. The second-order valence-corrected chi connectivity index (χ2v) is 5.72. The third kappa shape index (κ3) is 3.90. The third-order valence-electron chi connectivity index (χ3n) is 3.26. The van der Waals surface area contributed by atoms with Gasteiger partial charge in [-0.1, -0.05) is 19.9 Å². The SMILES string of the molecule is Cc1cc(C)n(-c2ccc(CNCCC(C)C)cn2)n1. The van der Waals surface area contributed by atoms with E-state index in [0.29, 0.717) is 0 Å². The quantitative estimate of drug-likeness (QED) is 0.822. The predicted molar refractivity (Wildman–Crippen MR) is 82.0 cm³/mol. The molecule has 2 aromatic rings. The first-order valence-electron chi connectivity index (χ1n) is 7.25. The number of rotatable bonds is 6. The lowest BCUT2D eigenvalue weighted by Crippen LogP contribution is -2.16. The number of nitrogens with zero attached hydrogens (tertiary/aromatic N) is 3. The van der Waals surface area contributed by atoms with Crippen LogP contribution in [0.4, 0.5) is 0 Å². The Bertz CT molecular complexity index is 540. The lowest BCUT2D eigenvalue weighted by molar-refractivity contribution is 0.537. The second kappa shape index (κ2) is 6.66. The fourth-order valence-corrected chi connectivity index (χ4v) is 2.13. The molecule has 2 rings (SSSR count). The van der Waals surface area contributed by atoms with Gasteiger partial charge >= 0.3 is 0 Å². The monoisotopic (exact) mass is 272 g/mol. The van der Waals surface area contributed by atoms with E-state index in [2.05, 4.69) is 41.4 Å². The fourth-order valence-electron chi connectivity index (χ4n) is 2.13. The minimum Gasteiger partial charge on any atom is -0.313 e. The van der Waals surface area contributed by atoms with Crippen LogP contribution < -0.4 is 5.32 Å². The van der Waals surface area contributed by atoms with E-state index >= 15 is 0 Å². The molecular formula is C16H24N4. The minimum atomic E-state index is 0.744. The molecule has 2 aromatic heterocycles. The van der Waals surface area contributed by atoms with Gasteiger partial charge in [0.2, 0.25) is 0 Å². The van der Waals surface area contributed by atoms with Gasteiger partial charge in [0.1, 0.15) is 0 Å². The maximum atomic E-state index is 4.50. The Morgan fingerprint density at radius 1 is 1.25 bits per heavy atom. The fraction of sp³-hybridized carbons (Fsp3) is 0.500. The first-order chi connectivity index (χ1) is 9.56. The molecule has 1 N–H and O–H groups in total. The van der Waals surface area contributed by atoms with Crippen molar-refractivity contribution in [3.63, 3.8) is 0 Å². The van der Waals surface area contributed by atoms with Gasteiger partial charge in [-0.15, -0.1) is 0 Å². The summed E-state index contributed by atoms with van der Waals surface area (Å²) in [5, 5.41) is 7.89. The molecule has 0 spiro atoms. The number of hydrogen-bond donors (Lipinski definition) is 1. The van der Waals surface area contributed by atoms with Gasteiger partial charge in [0.15, 0.2) is 5.82 Å². The highest BCUT2D eigenvalue weighted by Gasteiger charge is 2.04. The van der Waals surface area contributed by atoms with Gasteiger partial charge in [-0.05, 0) is 50.4 Å². The van der Waals surface area contributed by atoms with Crippen molar-refractivity contribution in [1.29, 1.82) is 0 Å². The third-order valence-corrected chi connectivity index (χ3v) is 3.26. The van der Waals surface area contributed by atoms with Crippen LogP contribution in [0.3, 0.4) is 0 Å². The molecule has 20 heavy (non-hydrogen) atoms. The zero-order chi connectivity index (χ0) is 14.5. The first kappa shape index (κ1) is 14.7. The van der Waals surface area contributed by atoms with Crippen molar-refractivity contribution in [3.8, 4) is 5.82 Å². The molecule has 0 radical (unpaired) electrons. The molecule has 4 nitrogen and oxygen atoms in total. The summed E-state index contributed by atoms with van der Waals surface area (Å²) in [6.45, 7) is 10.5. The van der Waals surface area contributed by atoms with Gasteiger partial charge < -0.3 is 5.32 Å². The molecule has 0 saturated carbocycles. The van der Waals surface area contributed by atoms with E-state index < -0.39 is 0 Å². The van der Waals surface area contributed by atoms with Crippen LogP contribution in [-0.4, -0.2) is 21.3 Å². The van der Waals surface area contributed by atoms with Crippen molar-refractivity contribution in [1.82, 2.24) is 20.1 Å². The number of aryl methyl sites for hydroxylation is 2. The van der Waals surface area contributed by atoms with Crippen LogP contribution in [0.25, 0.3) is 5.82 Å². The molecule has 0 unspecified atom stereocenters. The van der Waals surface area contributed by atoms with E-state index in [-0.39, 0.29) is 0 Å². The Labute approximate surface area is 121 Å². The van der Waals surface area contributed by atoms with Crippen molar-refractivity contribution in [2.75, 3.05) is 6.54 Å². The molecule has 0 atom stereocenters. The molecule has 0 aliphatic carbocycles.